The molecule has 16 heavy (non-hydrogen) atoms. The van der Waals surface area contributed by atoms with Gasteiger partial charge < -0.3 is 9.90 Å². The summed E-state index contributed by atoms with van der Waals surface area (Å²) in [6, 6.07) is 0. The predicted molar refractivity (Wildman–Crippen MR) is 58.4 cm³/mol. The fourth-order valence-electron chi connectivity index (χ4n) is 2.83. The van der Waals surface area contributed by atoms with Crippen LogP contribution in [0.3, 0.4) is 0 Å². The topological polar surface area (TPSA) is 54.4 Å². The van der Waals surface area contributed by atoms with Gasteiger partial charge in [0, 0.05) is 5.41 Å². The standard InChI is InChI=1S/C13H14O3/c1-3-13(16)5-4-10-6-11(15)9(8-14)7-12(10,13)2/h1,6,8-9,16H,4-5,7H2,2H3/t9?,12-,13-/m0/s1. The van der Waals surface area contributed by atoms with Crippen molar-refractivity contribution >= 4 is 12.1 Å². The summed E-state index contributed by atoms with van der Waals surface area (Å²) < 4.78 is 0. The lowest BCUT2D eigenvalue weighted by Gasteiger charge is -2.40. The minimum Gasteiger partial charge on any atom is -0.377 e. The predicted octanol–water partition coefficient (Wildman–Crippen LogP) is 0.865. The van der Waals surface area contributed by atoms with Crippen LogP contribution in [0.25, 0.3) is 0 Å². The first kappa shape index (κ1) is 11.1. The molecule has 0 saturated heterocycles. The first-order chi connectivity index (χ1) is 7.47. The number of aldehydes is 1. The van der Waals surface area contributed by atoms with Crippen molar-refractivity contribution in [3.05, 3.63) is 11.6 Å². The van der Waals surface area contributed by atoms with Crippen LogP contribution >= 0.6 is 0 Å². The Bertz CT molecular complexity index is 429. The highest BCUT2D eigenvalue weighted by Crippen LogP contribution is 2.55. The maximum atomic E-state index is 11.6. The molecule has 0 aromatic heterocycles. The lowest BCUT2D eigenvalue weighted by Crippen LogP contribution is -2.45. The number of aliphatic hydroxyl groups is 1. The number of allylic oxidation sites excluding steroid dienone is 1. The van der Waals surface area contributed by atoms with Crippen LogP contribution in [-0.4, -0.2) is 22.8 Å². The van der Waals surface area contributed by atoms with Crippen LogP contribution in [0.5, 0.6) is 0 Å². The van der Waals surface area contributed by atoms with Crippen LogP contribution in [0.2, 0.25) is 0 Å². The Hall–Kier alpha value is -1.40. The lowest BCUT2D eigenvalue weighted by atomic mass is 9.65. The Labute approximate surface area is 94.5 Å². The highest BCUT2D eigenvalue weighted by Gasteiger charge is 2.56. The number of ketones is 1. The van der Waals surface area contributed by atoms with Crippen molar-refractivity contribution in [1.29, 1.82) is 0 Å². The van der Waals surface area contributed by atoms with E-state index < -0.39 is 16.9 Å². The first-order valence-corrected chi connectivity index (χ1v) is 5.37. The van der Waals surface area contributed by atoms with Gasteiger partial charge in [-0.25, -0.2) is 0 Å². The van der Waals surface area contributed by atoms with Crippen LogP contribution < -0.4 is 0 Å². The Morgan fingerprint density at radius 3 is 2.94 bits per heavy atom. The van der Waals surface area contributed by atoms with E-state index in [1.807, 2.05) is 6.92 Å². The molecule has 0 aromatic rings. The highest BCUT2D eigenvalue weighted by atomic mass is 16.3. The van der Waals surface area contributed by atoms with Gasteiger partial charge in [0.05, 0.1) is 5.92 Å². The van der Waals surface area contributed by atoms with Crippen molar-refractivity contribution in [3.63, 3.8) is 0 Å². The number of hydrogen-bond acceptors (Lipinski definition) is 3. The van der Waals surface area contributed by atoms with Gasteiger partial charge in [0.2, 0.25) is 0 Å². The van der Waals surface area contributed by atoms with Crippen LogP contribution in [-0.2, 0) is 9.59 Å². The molecule has 1 saturated carbocycles. The van der Waals surface area contributed by atoms with E-state index in [2.05, 4.69) is 5.92 Å². The van der Waals surface area contributed by atoms with E-state index in [1.54, 1.807) is 0 Å². The Kier molecular flexibility index (Phi) is 2.28. The zero-order chi connectivity index (χ0) is 12.0. The van der Waals surface area contributed by atoms with E-state index in [9.17, 15) is 14.7 Å². The molecule has 3 atom stereocenters. The maximum Gasteiger partial charge on any atom is 0.165 e. The van der Waals surface area contributed by atoms with Crippen LogP contribution in [0.15, 0.2) is 11.6 Å². The van der Waals surface area contributed by atoms with Crippen LogP contribution in [0.4, 0.5) is 0 Å². The number of fused-ring (bicyclic) bond motifs is 1. The second-order valence-electron chi connectivity index (χ2n) is 4.86. The first-order valence-electron chi connectivity index (χ1n) is 5.37. The fraction of sp³-hybridized carbons (Fsp3) is 0.538. The smallest absolute Gasteiger partial charge is 0.165 e. The van der Waals surface area contributed by atoms with Crippen molar-refractivity contribution in [2.24, 2.45) is 11.3 Å². The molecule has 0 heterocycles. The second kappa shape index (κ2) is 3.29. The van der Waals surface area contributed by atoms with E-state index in [1.165, 1.54) is 6.08 Å². The largest absolute Gasteiger partial charge is 0.377 e. The Balaban J connectivity index is 2.50. The van der Waals surface area contributed by atoms with Crippen molar-refractivity contribution in [3.8, 4) is 12.3 Å². The molecule has 2 aliphatic carbocycles. The number of terminal acetylenes is 1. The molecule has 3 heteroatoms. The number of carbonyl (C=O) groups excluding carboxylic acids is 2. The summed E-state index contributed by atoms with van der Waals surface area (Å²) in [5.74, 6) is 1.60. The summed E-state index contributed by atoms with van der Waals surface area (Å²) in [6.45, 7) is 1.84. The fourth-order valence-corrected chi connectivity index (χ4v) is 2.83. The average molecular weight is 218 g/mol. The van der Waals surface area contributed by atoms with E-state index in [0.29, 0.717) is 25.5 Å². The van der Waals surface area contributed by atoms with Gasteiger partial charge in [-0.3, -0.25) is 4.79 Å². The second-order valence-corrected chi connectivity index (χ2v) is 4.86. The Morgan fingerprint density at radius 1 is 1.69 bits per heavy atom. The number of hydrogen-bond donors (Lipinski definition) is 1. The normalized spacial score (nSPS) is 42.2. The summed E-state index contributed by atoms with van der Waals surface area (Å²) in [7, 11) is 0. The molecular formula is C13H14O3. The molecular weight excluding hydrogens is 204 g/mol. The number of rotatable bonds is 1. The zero-order valence-corrected chi connectivity index (χ0v) is 9.19. The molecule has 1 N–H and O–H groups in total. The van der Waals surface area contributed by atoms with Crippen molar-refractivity contribution in [1.82, 2.24) is 0 Å². The monoisotopic (exact) mass is 218 g/mol. The molecule has 2 aliphatic rings. The molecule has 1 unspecified atom stereocenters. The van der Waals surface area contributed by atoms with E-state index >= 15 is 0 Å². The maximum absolute atomic E-state index is 11.6. The van der Waals surface area contributed by atoms with Crippen molar-refractivity contribution < 1.29 is 14.7 Å². The zero-order valence-electron chi connectivity index (χ0n) is 9.19. The van der Waals surface area contributed by atoms with Crippen LogP contribution in [0, 0.1) is 23.7 Å². The summed E-state index contributed by atoms with van der Waals surface area (Å²) >= 11 is 0. The third-order valence-electron chi connectivity index (χ3n) is 4.09. The molecule has 2 rings (SSSR count). The van der Waals surface area contributed by atoms with Gasteiger partial charge in [-0.1, -0.05) is 18.4 Å². The van der Waals surface area contributed by atoms with Gasteiger partial charge in [0.25, 0.3) is 0 Å². The molecule has 0 amide bonds. The van der Waals surface area contributed by atoms with Crippen LogP contribution in [0.1, 0.15) is 26.2 Å². The van der Waals surface area contributed by atoms with E-state index in [4.69, 9.17) is 6.42 Å². The molecule has 3 nitrogen and oxygen atoms in total. The third-order valence-corrected chi connectivity index (χ3v) is 4.09. The molecule has 0 aliphatic heterocycles. The Morgan fingerprint density at radius 2 is 2.38 bits per heavy atom. The third kappa shape index (κ3) is 1.20. The molecule has 0 radical (unpaired) electrons. The van der Waals surface area contributed by atoms with Gasteiger partial charge in [0.15, 0.2) is 5.78 Å². The minimum atomic E-state index is -1.22. The SMILES string of the molecule is C#C[C@]1(O)CCC2=CC(=O)C(C=O)C[C@@]21C. The number of carbonyl (C=O) groups is 2. The summed E-state index contributed by atoms with van der Waals surface area (Å²) in [5.41, 5.74) is -0.960. The van der Waals surface area contributed by atoms with Gasteiger partial charge in [0.1, 0.15) is 11.9 Å². The van der Waals surface area contributed by atoms with Crippen molar-refractivity contribution in [2.45, 2.75) is 31.8 Å². The van der Waals surface area contributed by atoms with Gasteiger partial charge in [-0.15, -0.1) is 6.42 Å². The average Bonchev–Trinajstić information content (AvgIpc) is 2.52. The van der Waals surface area contributed by atoms with Gasteiger partial charge in [-0.2, -0.15) is 0 Å². The quantitative estimate of drug-likeness (QED) is 0.403. The summed E-state index contributed by atoms with van der Waals surface area (Å²) in [4.78, 5) is 22.4. The van der Waals surface area contributed by atoms with Gasteiger partial charge in [-0.05, 0) is 25.3 Å². The molecule has 0 bridgehead atoms. The summed E-state index contributed by atoms with van der Waals surface area (Å²) in [5, 5.41) is 10.3. The molecule has 1 fully saturated rings. The molecule has 84 valence electrons. The van der Waals surface area contributed by atoms with E-state index in [0.717, 1.165) is 5.57 Å². The highest BCUT2D eigenvalue weighted by molar-refractivity contribution is 6.02. The minimum absolute atomic E-state index is 0.163. The van der Waals surface area contributed by atoms with E-state index in [-0.39, 0.29) is 5.78 Å². The summed E-state index contributed by atoms with van der Waals surface area (Å²) in [6.07, 6.45) is 8.95. The lowest BCUT2D eigenvalue weighted by molar-refractivity contribution is -0.127. The molecule has 0 aromatic carbocycles. The van der Waals surface area contributed by atoms with Gasteiger partial charge >= 0.3 is 0 Å². The molecule has 0 spiro atoms. The van der Waals surface area contributed by atoms with Crippen molar-refractivity contribution in [2.75, 3.05) is 0 Å².